The minimum absolute atomic E-state index is 0.440. The molecule has 0 saturated heterocycles. The van der Waals surface area contributed by atoms with Crippen molar-refractivity contribution in [3.63, 3.8) is 0 Å². The van der Waals surface area contributed by atoms with Crippen LogP contribution >= 0.6 is 0 Å². The molecule has 1 nitrogen and oxygen atoms in total. The molecule has 1 unspecified atom stereocenters. The van der Waals surface area contributed by atoms with Gasteiger partial charge in [0.2, 0.25) is 0 Å². The summed E-state index contributed by atoms with van der Waals surface area (Å²) in [4.78, 5) is 0. The predicted molar refractivity (Wildman–Crippen MR) is 83.5 cm³/mol. The van der Waals surface area contributed by atoms with Crippen LogP contribution in [0.1, 0.15) is 68.7 Å². The second kappa shape index (κ2) is 6.09. The van der Waals surface area contributed by atoms with E-state index in [4.69, 9.17) is 0 Å². The van der Waals surface area contributed by atoms with Crippen molar-refractivity contribution in [1.29, 1.82) is 0 Å². The van der Waals surface area contributed by atoms with E-state index in [1.165, 1.54) is 48.8 Å². The Morgan fingerprint density at radius 3 is 2.47 bits per heavy atom. The fourth-order valence-corrected chi connectivity index (χ4v) is 3.64. The third-order valence-corrected chi connectivity index (χ3v) is 4.78. The highest BCUT2D eigenvalue weighted by Crippen LogP contribution is 2.47. The Kier molecular flexibility index (Phi) is 4.67. The van der Waals surface area contributed by atoms with Crippen LogP contribution in [0, 0.1) is 19.3 Å². The molecule has 1 saturated carbocycles. The highest BCUT2D eigenvalue weighted by molar-refractivity contribution is 5.34. The van der Waals surface area contributed by atoms with Crippen molar-refractivity contribution < 1.29 is 0 Å². The summed E-state index contributed by atoms with van der Waals surface area (Å²) < 4.78 is 0. The molecule has 0 amide bonds. The minimum Gasteiger partial charge on any atom is -0.309 e. The summed E-state index contributed by atoms with van der Waals surface area (Å²) in [7, 11) is 0. The molecule has 1 N–H and O–H groups in total. The van der Waals surface area contributed by atoms with Gasteiger partial charge in [0, 0.05) is 6.04 Å². The van der Waals surface area contributed by atoms with Crippen molar-refractivity contribution in [3.05, 3.63) is 34.9 Å². The molecule has 1 fully saturated rings. The second-order valence-electron chi connectivity index (χ2n) is 6.61. The van der Waals surface area contributed by atoms with E-state index in [1.54, 1.807) is 0 Å². The number of aryl methyl sites for hydroxylation is 2. The first kappa shape index (κ1) is 14.6. The largest absolute Gasteiger partial charge is 0.309 e. The molecule has 19 heavy (non-hydrogen) atoms. The smallest absolute Gasteiger partial charge is 0.0377 e. The Hall–Kier alpha value is -0.820. The average Bonchev–Trinajstić information content (AvgIpc) is 2.80. The fraction of sp³-hybridized carbons (Fsp3) is 0.667. The van der Waals surface area contributed by atoms with Crippen molar-refractivity contribution >= 4 is 0 Å². The monoisotopic (exact) mass is 259 g/mol. The number of hydrogen-bond donors (Lipinski definition) is 1. The quantitative estimate of drug-likeness (QED) is 0.791. The van der Waals surface area contributed by atoms with Gasteiger partial charge in [0.15, 0.2) is 0 Å². The number of hydrogen-bond acceptors (Lipinski definition) is 1. The van der Waals surface area contributed by atoms with Gasteiger partial charge >= 0.3 is 0 Å². The van der Waals surface area contributed by atoms with Crippen LogP contribution in [-0.2, 0) is 0 Å². The average molecular weight is 259 g/mol. The molecule has 1 aromatic carbocycles. The van der Waals surface area contributed by atoms with Crippen LogP contribution in [0.2, 0.25) is 0 Å². The van der Waals surface area contributed by atoms with E-state index in [2.05, 4.69) is 51.2 Å². The van der Waals surface area contributed by atoms with Crippen molar-refractivity contribution in [1.82, 2.24) is 5.32 Å². The lowest BCUT2D eigenvalue weighted by molar-refractivity contribution is 0.223. The lowest BCUT2D eigenvalue weighted by Crippen LogP contribution is -2.35. The van der Waals surface area contributed by atoms with Crippen LogP contribution in [0.5, 0.6) is 0 Å². The molecule has 0 radical (unpaired) electrons. The SMILES string of the molecule is CCCNC(c1ccc(C)cc1C)C1(C)CCCC1. The van der Waals surface area contributed by atoms with Crippen LogP contribution in [0.3, 0.4) is 0 Å². The van der Waals surface area contributed by atoms with Gasteiger partial charge in [-0.05, 0) is 56.2 Å². The van der Waals surface area contributed by atoms with E-state index in [0.717, 1.165) is 6.54 Å². The van der Waals surface area contributed by atoms with Crippen molar-refractivity contribution in [3.8, 4) is 0 Å². The molecular weight excluding hydrogens is 230 g/mol. The molecule has 1 aliphatic rings. The Bertz CT molecular complexity index is 416. The third-order valence-electron chi connectivity index (χ3n) is 4.78. The summed E-state index contributed by atoms with van der Waals surface area (Å²) in [5.74, 6) is 0. The van der Waals surface area contributed by atoms with Gasteiger partial charge in [-0.3, -0.25) is 0 Å². The molecular formula is C18H29N. The third kappa shape index (κ3) is 3.20. The molecule has 2 rings (SSSR count). The standard InChI is InChI=1S/C18H29N/c1-5-12-19-17(18(4)10-6-7-11-18)16-9-8-14(2)13-15(16)3/h8-9,13,17,19H,5-7,10-12H2,1-4H3. The number of nitrogens with one attached hydrogen (secondary N) is 1. The summed E-state index contributed by atoms with van der Waals surface area (Å²) >= 11 is 0. The predicted octanol–water partition coefficient (Wildman–Crippen LogP) is 4.92. The summed E-state index contributed by atoms with van der Waals surface area (Å²) in [5.41, 5.74) is 4.77. The molecule has 0 aliphatic heterocycles. The van der Waals surface area contributed by atoms with Gasteiger partial charge in [0.05, 0.1) is 0 Å². The lowest BCUT2D eigenvalue weighted by Gasteiger charge is -2.36. The van der Waals surface area contributed by atoms with Gasteiger partial charge in [0.25, 0.3) is 0 Å². The first-order chi connectivity index (χ1) is 9.07. The molecule has 0 spiro atoms. The van der Waals surface area contributed by atoms with Crippen molar-refractivity contribution in [2.75, 3.05) is 6.54 Å². The maximum absolute atomic E-state index is 3.83. The first-order valence-electron chi connectivity index (χ1n) is 7.87. The molecule has 1 aliphatic carbocycles. The second-order valence-corrected chi connectivity index (χ2v) is 6.61. The number of benzene rings is 1. The molecule has 0 bridgehead atoms. The Labute approximate surface area is 118 Å². The minimum atomic E-state index is 0.440. The van der Waals surface area contributed by atoms with E-state index in [0.29, 0.717) is 11.5 Å². The molecule has 1 heteroatoms. The first-order valence-corrected chi connectivity index (χ1v) is 7.87. The van der Waals surface area contributed by atoms with Gasteiger partial charge in [-0.1, -0.05) is 50.5 Å². The van der Waals surface area contributed by atoms with Crippen LogP contribution in [0.15, 0.2) is 18.2 Å². The van der Waals surface area contributed by atoms with Gasteiger partial charge in [-0.15, -0.1) is 0 Å². The van der Waals surface area contributed by atoms with Crippen molar-refractivity contribution in [2.24, 2.45) is 5.41 Å². The van der Waals surface area contributed by atoms with Gasteiger partial charge in [0.1, 0.15) is 0 Å². The summed E-state index contributed by atoms with van der Waals surface area (Å²) in [6.07, 6.45) is 6.72. The van der Waals surface area contributed by atoms with Crippen LogP contribution in [0.25, 0.3) is 0 Å². The van der Waals surface area contributed by atoms with E-state index >= 15 is 0 Å². The lowest BCUT2D eigenvalue weighted by atomic mass is 9.76. The van der Waals surface area contributed by atoms with Gasteiger partial charge < -0.3 is 5.32 Å². The van der Waals surface area contributed by atoms with E-state index in [-0.39, 0.29) is 0 Å². The van der Waals surface area contributed by atoms with E-state index in [1.807, 2.05) is 0 Å². The maximum Gasteiger partial charge on any atom is 0.0377 e. The molecule has 106 valence electrons. The topological polar surface area (TPSA) is 12.0 Å². The Morgan fingerprint density at radius 1 is 1.21 bits per heavy atom. The molecule has 0 heterocycles. The Morgan fingerprint density at radius 2 is 1.89 bits per heavy atom. The highest BCUT2D eigenvalue weighted by Gasteiger charge is 2.37. The normalized spacial score (nSPS) is 19.6. The summed E-state index contributed by atoms with van der Waals surface area (Å²) in [5, 5.41) is 3.83. The van der Waals surface area contributed by atoms with Gasteiger partial charge in [-0.25, -0.2) is 0 Å². The fourth-order valence-electron chi connectivity index (χ4n) is 3.64. The number of rotatable bonds is 5. The Balaban J connectivity index is 2.31. The van der Waals surface area contributed by atoms with E-state index in [9.17, 15) is 0 Å². The maximum atomic E-state index is 3.83. The van der Waals surface area contributed by atoms with Gasteiger partial charge in [-0.2, -0.15) is 0 Å². The summed E-state index contributed by atoms with van der Waals surface area (Å²) in [6, 6.07) is 7.47. The van der Waals surface area contributed by atoms with Crippen LogP contribution < -0.4 is 5.32 Å². The molecule has 1 atom stereocenters. The van der Waals surface area contributed by atoms with Crippen LogP contribution in [-0.4, -0.2) is 6.54 Å². The highest BCUT2D eigenvalue weighted by atomic mass is 14.9. The zero-order valence-corrected chi connectivity index (χ0v) is 13.1. The summed E-state index contributed by atoms with van der Waals surface area (Å²) in [6.45, 7) is 10.3. The molecule has 1 aromatic rings. The zero-order valence-electron chi connectivity index (χ0n) is 13.1. The molecule has 0 aromatic heterocycles. The zero-order chi connectivity index (χ0) is 13.9. The van der Waals surface area contributed by atoms with Crippen molar-refractivity contribution in [2.45, 2.75) is 65.8 Å². The van der Waals surface area contributed by atoms with Crippen LogP contribution in [0.4, 0.5) is 0 Å². The van der Waals surface area contributed by atoms with E-state index < -0.39 is 0 Å².